The lowest BCUT2D eigenvalue weighted by molar-refractivity contribution is -0.141. The molecule has 1 N–H and O–H groups in total. The molecule has 5 aromatic rings. The number of hydrogen-bond acceptors (Lipinski definition) is 4. The number of carbonyl (C=O) groups is 1. The van der Waals surface area contributed by atoms with Crippen molar-refractivity contribution >= 4 is 34.1 Å². The quantitative estimate of drug-likeness (QED) is 0.417. The monoisotopic (exact) mass is 458 g/mol. The molecule has 0 saturated carbocycles. The molecular weight excluding hydrogens is 440 g/mol. The second kappa shape index (κ2) is 8.18. The molecule has 2 aromatic carbocycles. The Morgan fingerprint density at radius 3 is 2.52 bits per heavy atom. The molecule has 7 nitrogen and oxygen atoms in total. The smallest absolute Gasteiger partial charge is 0.327 e. The van der Waals surface area contributed by atoms with E-state index in [9.17, 15) is 14.7 Å². The molecule has 0 aliphatic carbocycles. The maximum Gasteiger partial charge on any atom is 0.327 e. The highest BCUT2D eigenvalue weighted by molar-refractivity contribution is 6.30. The topological polar surface area (TPSA) is 89.5 Å². The molecule has 0 amide bonds. The maximum absolute atomic E-state index is 13.3. The van der Waals surface area contributed by atoms with Crippen LogP contribution in [0.25, 0.3) is 27.7 Å². The summed E-state index contributed by atoms with van der Waals surface area (Å²) in [5.41, 5.74) is 4.11. The van der Waals surface area contributed by atoms with E-state index < -0.39 is 17.6 Å². The molecule has 3 heterocycles. The molecule has 8 heteroatoms. The standard InChI is InChI=1S/C25H19ClN4O3/c1-15-22(17-7-9-18(26)10-8-17)23-27-14-19-20(30(23)28-15)11-12-29(24(19)31)21(25(32)33)13-16-5-3-2-4-6-16/h2-12,14,21H,13H2,1H3,(H,32,33)/t21-/m0/s1. The van der Waals surface area contributed by atoms with E-state index in [0.29, 0.717) is 21.6 Å². The predicted octanol–water partition coefficient (Wildman–Crippen LogP) is 4.54. The third-order valence-electron chi connectivity index (χ3n) is 5.74. The van der Waals surface area contributed by atoms with Crippen LogP contribution in [-0.2, 0) is 11.2 Å². The fourth-order valence-corrected chi connectivity index (χ4v) is 4.26. The number of aryl methyl sites for hydroxylation is 1. The van der Waals surface area contributed by atoms with E-state index in [1.165, 1.54) is 17.0 Å². The van der Waals surface area contributed by atoms with Crippen LogP contribution in [-0.4, -0.2) is 30.2 Å². The van der Waals surface area contributed by atoms with Gasteiger partial charge >= 0.3 is 5.97 Å². The molecule has 0 spiro atoms. The second-order valence-electron chi connectivity index (χ2n) is 7.83. The summed E-state index contributed by atoms with van der Waals surface area (Å²) in [6.45, 7) is 1.88. The Morgan fingerprint density at radius 2 is 1.82 bits per heavy atom. The molecule has 0 radical (unpaired) electrons. The van der Waals surface area contributed by atoms with Crippen molar-refractivity contribution in [2.75, 3.05) is 0 Å². The molecule has 0 saturated heterocycles. The van der Waals surface area contributed by atoms with Gasteiger partial charge in [-0.3, -0.25) is 4.79 Å². The van der Waals surface area contributed by atoms with Crippen molar-refractivity contribution in [1.82, 2.24) is 19.2 Å². The largest absolute Gasteiger partial charge is 0.480 e. The molecular formula is C25H19ClN4O3. The maximum atomic E-state index is 13.3. The Kier molecular flexibility index (Phi) is 5.18. The van der Waals surface area contributed by atoms with Gasteiger partial charge in [0.25, 0.3) is 5.56 Å². The Balaban J connectivity index is 1.65. The fourth-order valence-electron chi connectivity index (χ4n) is 4.13. The van der Waals surface area contributed by atoms with Gasteiger partial charge in [-0.15, -0.1) is 0 Å². The SMILES string of the molecule is Cc1nn2c(ncc3c(=O)n([C@@H](Cc4ccccc4)C(=O)O)ccc32)c1-c1ccc(Cl)cc1. The Bertz CT molecular complexity index is 1560. The summed E-state index contributed by atoms with van der Waals surface area (Å²) in [7, 11) is 0. The fraction of sp³-hybridized carbons (Fsp3) is 0.120. The van der Waals surface area contributed by atoms with E-state index in [2.05, 4.69) is 10.1 Å². The number of halogens is 1. The van der Waals surface area contributed by atoms with Gasteiger partial charge in [-0.1, -0.05) is 54.1 Å². The number of nitrogens with zero attached hydrogens (tertiary/aromatic N) is 4. The van der Waals surface area contributed by atoms with Crippen LogP contribution in [0.1, 0.15) is 17.3 Å². The molecule has 0 bridgehead atoms. The van der Waals surface area contributed by atoms with Crippen molar-refractivity contribution < 1.29 is 9.90 Å². The molecule has 0 aliphatic heterocycles. The van der Waals surface area contributed by atoms with Crippen LogP contribution in [0.4, 0.5) is 0 Å². The van der Waals surface area contributed by atoms with Crippen LogP contribution >= 0.6 is 11.6 Å². The number of rotatable bonds is 5. The summed E-state index contributed by atoms with van der Waals surface area (Å²) >= 11 is 6.02. The average Bonchev–Trinajstić information content (AvgIpc) is 3.15. The van der Waals surface area contributed by atoms with Crippen LogP contribution in [0.3, 0.4) is 0 Å². The normalized spacial score (nSPS) is 12.3. The number of fused-ring (bicyclic) bond motifs is 3. The van der Waals surface area contributed by atoms with Gasteiger partial charge in [0.1, 0.15) is 6.04 Å². The third-order valence-corrected chi connectivity index (χ3v) is 5.99. The van der Waals surface area contributed by atoms with E-state index >= 15 is 0 Å². The highest BCUT2D eigenvalue weighted by Gasteiger charge is 2.23. The van der Waals surface area contributed by atoms with Crippen LogP contribution < -0.4 is 5.56 Å². The summed E-state index contributed by atoms with van der Waals surface area (Å²) in [6.07, 6.45) is 3.20. The molecule has 33 heavy (non-hydrogen) atoms. The molecule has 0 unspecified atom stereocenters. The number of carboxylic acids is 1. The first kappa shape index (κ1) is 20.9. The minimum Gasteiger partial charge on any atom is -0.480 e. The van der Waals surface area contributed by atoms with E-state index in [-0.39, 0.29) is 6.42 Å². The predicted molar refractivity (Wildman–Crippen MR) is 127 cm³/mol. The first-order valence-electron chi connectivity index (χ1n) is 10.4. The molecule has 5 rings (SSSR count). The lowest BCUT2D eigenvalue weighted by atomic mass is 10.1. The summed E-state index contributed by atoms with van der Waals surface area (Å²) < 4.78 is 2.88. The van der Waals surface area contributed by atoms with E-state index in [1.54, 1.807) is 22.7 Å². The molecule has 3 aromatic heterocycles. The van der Waals surface area contributed by atoms with Crippen molar-refractivity contribution in [1.29, 1.82) is 0 Å². The summed E-state index contributed by atoms with van der Waals surface area (Å²) in [5.74, 6) is -1.07. The van der Waals surface area contributed by atoms with Crippen molar-refractivity contribution in [2.45, 2.75) is 19.4 Å². The summed E-state index contributed by atoms with van der Waals surface area (Å²) in [5, 5.41) is 15.4. The lowest BCUT2D eigenvalue weighted by Gasteiger charge is -2.16. The highest BCUT2D eigenvalue weighted by Crippen LogP contribution is 2.29. The number of carboxylic acid groups (broad SMARTS) is 1. The van der Waals surface area contributed by atoms with Gasteiger partial charge < -0.3 is 9.67 Å². The average molecular weight is 459 g/mol. The zero-order valence-corrected chi connectivity index (χ0v) is 18.4. The number of benzene rings is 2. The highest BCUT2D eigenvalue weighted by atomic mass is 35.5. The second-order valence-corrected chi connectivity index (χ2v) is 8.27. The summed E-state index contributed by atoms with van der Waals surface area (Å²) in [4.78, 5) is 29.9. The Labute approximate surface area is 193 Å². The van der Waals surface area contributed by atoms with E-state index in [1.807, 2.05) is 49.4 Å². The van der Waals surface area contributed by atoms with Crippen molar-refractivity contribution in [3.8, 4) is 11.1 Å². The third kappa shape index (κ3) is 3.66. The van der Waals surface area contributed by atoms with Crippen molar-refractivity contribution in [2.24, 2.45) is 0 Å². The number of pyridine rings is 1. The first-order chi connectivity index (χ1) is 15.9. The van der Waals surface area contributed by atoms with Gasteiger partial charge in [-0.05, 0) is 36.2 Å². The number of aromatic nitrogens is 4. The molecule has 0 fully saturated rings. The first-order valence-corrected chi connectivity index (χ1v) is 10.7. The zero-order chi connectivity index (χ0) is 23.1. The number of aliphatic carboxylic acids is 1. The minimum absolute atomic E-state index is 0.193. The molecule has 164 valence electrons. The van der Waals surface area contributed by atoms with Gasteiger partial charge in [0.05, 0.1) is 16.6 Å². The van der Waals surface area contributed by atoms with Gasteiger partial charge in [-0.2, -0.15) is 5.10 Å². The van der Waals surface area contributed by atoms with Crippen molar-refractivity contribution in [3.63, 3.8) is 0 Å². The van der Waals surface area contributed by atoms with Gasteiger partial charge in [0, 0.05) is 29.4 Å². The molecule has 0 aliphatic rings. The van der Waals surface area contributed by atoms with Gasteiger partial charge in [0.2, 0.25) is 0 Å². The Hall–Kier alpha value is -3.97. The minimum atomic E-state index is -1.07. The molecule has 1 atom stereocenters. The number of hydrogen-bond donors (Lipinski definition) is 1. The Morgan fingerprint density at radius 1 is 1.09 bits per heavy atom. The van der Waals surface area contributed by atoms with Crippen molar-refractivity contribution in [3.05, 3.63) is 99.7 Å². The van der Waals surface area contributed by atoms with Crippen LogP contribution in [0, 0.1) is 6.92 Å². The van der Waals surface area contributed by atoms with Crippen LogP contribution in [0.15, 0.2) is 77.9 Å². The van der Waals surface area contributed by atoms with E-state index in [4.69, 9.17) is 11.6 Å². The van der Waals surface area contributed by atoms with Crippen LogP contribution in [0.2, 0.25) is 5.02 Å². The lowest BCUT2D eigenvalue weighted by Crippen LogP contribution is -2.31. The van der Waals surface area contributed by atoms with Gasteiger partial charge in [-0.25, -0.2) is 14.3 Å². The van der Waals surface area contributed by atoms with Gasteiger partial charge in [0.15, 0.2) is 5.65 Å². The summed E-state index contributed by atoms with van der Waals surface area (Å²) in [6, 6.07) is 17.3. The van der Waals surface area contributed by atoms with Crippen LogP contribution in [0.5, 0.6) is 0 Å². The zero-order valence-electron chi connectivity index (χ0n) is 17.6. The van der Waals surface area contributed by atoms with E-state index in [0.717, 1.165) is 22.4 Å².